The van der Waals surface area contributed by atoms with Gasteiger partial charge >= 0.3 is 0 Å². The van der Waals surface area contributed by atoms with Gasteiger partial charge in [0, 0.05) is 11.0 Å². The van der Waals surface area contributed by atoms with Crippen molar-refractivity contribution in [3.63, 3.8) is 0 Å². The van der Waals surface area contributed by atoms with Crippen molar-refractivity contribution in [2.24, 2.45) is 0 Å². The number of rotatable bonds is 7. The third-order valence-electron chi connectivity index (χ3n) is 4.07. The Morgan fingerprint density at radius 1 is 1.17 bits per heavy atom. The van der Waals surface area contributed by atoms with Crippen LogP contribution in [-0.4, -0.2) is 30.4 Å². The molecule has 1 atom stereocenters. The van der Waals surface area contributed by atoms with Crippen molar-refractivity contribution in [2.75, 3.05) is 19.6 Å². The van der Waals surface area contributed by atoms with E-state index in [1.807, 2.05) is 24.3 Å². The lowest BCUT2D eigenvalue weighted by Crippen LogP contribution is -2.38. The van der Waals surface area contributed by atoms with Crippen LogP contribution in [0, 0.1) is 0 Å². The van der Waals surface area contributed by atoms with Crippen molar-refractivity contribution >= 4 is 33.4 Å². The van der Waals surface area contributed by atoms with Crippen LogP contribution in [-0.2, 0) is 0 Å². The first-order valence-corrected chi connectivity index (χ1v) is 9.26. The molecule has 128 valence electrons. The van der Waals surface area contributed by atoms with Crippen molar-refractivity contribution in [1.82, 2.24) is 10.2 Å². The lowest BCUT2D eigenvalue weighted by atomic mass is 10.0. The van der Waals surface area contributed by atoms with Gasteiger partial charge in [-0.15, -0.1) is 0 Å². The van der Waals surface area contributed by atoms with Crippen molar-refractivity contribution in [3.05, 3.63) is 69.2 Å². The van der Waals surface area contributed by atoms with E-state index in [1.165, 1.54) is 5.56 Å². The molecule has 0 aliphatic carbocycles. The predicted octanol–water partition coefficient (Wildman–Crippen LogP) is 4.92. The average Bonchev–Trinajstić information content (AvgIpc) is 2.61. The van der Waals surface area contributed by atoms with Crippen LogP contribution < -0.4 is 5.32 Å². The van der Waals surface area contributed by atoms with Crippen molar-refractivity contribution in [1.29, 1.82) is 0 Å². The summed E-state index contributed by atoms with van der Waals surface area (Å²) in [5, 5.41) is 3.48. The molecule has 0 aliphatic heterocycles. The second kappa shape index (κ2) is 9.21. The number of amides is 1. The molecule has 0 fully saturated rings. The predicted molar refractivity (Wildman–Crippen MR) is 104 cm³/mol. The molecule has 5 heteroatoms. The summed E-state index contributed by atoms with van der Waals surface area (Å²) >= 11 is 9.53. The summed E-state index contributed by atoms with van der Waals surface area (Å²) < 4.78 is 0.834. The lowest BCUT2D eigenvalue weighted by molar-refractivity contribution is 0.0935. The molecule has 1 N–H and O–H groups in total. The molecule has 0 aliphatic rings. The number of benzene rings is 2. The zero-order chi connectivity index (χ0) is 17.5. The van der Waals surface area contributed by atoms with Gasteiger partial charge in [0.15, 0.2) is 0 Å². The zero-order valence-electron chi connectivity index (χ0n) is 13.9. The summed E-state index contributed by atoms with van der Waals surface area (Å²) in [7, 11) is 0. The van der Waals surface area contributed by atoms with Gasteiger partial charge in [0.05, 0.1) is 16.6 Å². The van der Waals surface area contributed by atoms with Gasteiger partial charge in [-0.05, 0) is 36.9 Å². The van der Waals surface area contributed by atoms with E-state index in [0.29, 0.717) is 17.1 Å². The zero-order valence-corrected chi connectivity index (χ0v) is 16.3. The maximum absolute atomic E-state index is 12.5. The first kappa shape index (κ1) is 19.0. The lowest BCUT2D eigenvalue weighted by Gasteiger charge is -2.30. The SMILES string of the molecule is CCN(CC)C(CNC(=O)c1cc(Br)ccc1Cl)c1ccccc1. The molecule has 0 aromatic heterocycles. The normalized spacial score (nSPS) is 12.2. The summed E-state index contributed by atoms with van der Waals surface area (Å²) in [6.07, 6.45) is 0. The van der Waals surface area contributed by atoms with Crippen LogP contribution in [0.2, 0.25) is 5.02 Å². The van der Waals surface area contributed by atoms with Gasteiger partial charge in [-0.2, -0.15) is 0 Å². The smallest absolute Gasteiger partial charge is 0.252 e. The highest BCUT2D eigenvalue weighted by Crippen LogP contribution is 2.22. The molecule has 3 nitrogen and oxygen atoms in total. The molecule has 1 unspecified atom stereocenters. The third-order valence-corrected chi connectivity index (χ3v) is 4.89. The first-order valence-electron chi connectivity index (χ1n) is 8.09. The minimum Gasteiger partial charge on any atom is -0.350 e. The molecule has 2 aromatic carbocycles. The molecule has 0 spiro atoms. The van der Waals surface area contributed by atoms with Crippen molar-refractivity contribution < 1.29 is 4.79 Å². The summed E-state index contributed by atoms with van der Waals surface area (Å²) in [6, 6.07) is 15.7. The fraction of sp³-hybridized carbons (Fsp3) is 0.316. The number of carbonyl (C=O) groups is 1. The topological polar surface area (TPSA) is 32.3 Å². The van der Waals surface area contributed by atoms with E-state index in [9.17, 15) is 4.79 Å². The highest BCUT2D eigenvalue weighted by Gasteiger charge is 2.19. The number of hydrogen-bond donors (Lipinski definition) is 1. The first-order chi connectivity index (χ1) is 11.6. The molecule has 0 saturated carbocycles. The second-order valence-electron chi connectivity index (χ2n) is 5.48. The molecule has 0 saturated heterocycles. The molecule has 0 bridgehead atoms. The van der Waals surface area contributed by atoms with Gasteiger partial charge in [0.25, 0.3) is 5.91 Å². The van der Waals surface area contributed by atoms with Crippen LogP contribution in [0.25, 0.3) is 0 Å². The molecule has 2 rings (SSSR count). The molecule has 0 radical (unpaired) electrons. The van der Waals surface area contributed by atoms with Gasteiger partial charge in [-0.1, -0.05) is 71.7 Å². The van der Waals surface area contributed by atoms with Crippen LogP contribution in [0.15, 0.2) is 53.0 Å². The Hall–Kier alpha value is -1.36. The Morgan fingerprint density at radius 2 is 1.83 bits per heavy atom. The fourth-order valence-electron chi connectivity index (χ4n) is 2.75. The van der Waals surface area contributed by atoms with Crippen LogP contribution in [0.3, 0.4) is 0 Å². The van der Waals surface area contributed by atoms with Crippen LogP contribution in [0.4, 0.5) is 0 Å². The van der Waals surface area contributed by atoms with E-state index < -0.39 is 0 Å². The van der Waals surface area contributed by atoms with Gasteiger partial charge in [-0.3, -0.25) is 9.69 Å². The molecule has 24 heavy (non-hydrogen) atoms. The average molecular weight is 410 g/mol. The summed E-state index contributed by atoms with van der Waals surface area (Å²) in [5.41, 5.74) is 1.68. The van der Waals surface area contributed by atoms with Crippen LogP contribution in [0.1, 0.15) is 35.8 Å². The number of likely N-dealkylation sites (N-methyl/N-ethyl adjacent to an activating group) is 1. The number of nitrogens with one attached hydrogen (secondary N) is 1. The fourth-order valence-corrected chi connectivity index (χ4v) is 3.32. The van der Waals surface area contributed by atoms with E-state index in [4.69, 9.17) is 11.6 Å². The minimum absolute atomic E-state index is 0.135. The molecule has 1 amide bonds. The Bertz CT molecular complexity index is 674. The monoisotopic (exact) mass is 408 g/mol. The van der Waals surface area contributed by atoms with Gasteiger partial charge in [0.2, 0.25) is 0 Å². The number of hydrogen-bond acceptors (Lipinski definition) is 2. The number of carbonyl (C=O) groups excluding carboxylic acids is 1. The van der Waals surface area contributed by atoms with E-state index in [0.717, 1.165) is 17.6 Å². The Balaban J connectivity index is 2.15. The highest BCUT2D eigenvalue weighted by atomic mass is 79.9. The molecule has 0 heterocycles. The van der Waals surface area contributed by atoms with Crippen molar-refractivity contribution in [3.8, 4) is 0 Å². The highest BCUT2D eigenvalue weighted by molar-refractivity contribution is 9.10. The Labute approximate surface area is 157 Å². The molecule has 2 aromatic rings. The van der Waals surface area contributed by atoms with E-state index in [1.54, 1.807) is 12.1 Å². The number of nitrogens with zero attached hydrogens (tertiary/aromatic N) is 1. The van der Waals surface area contributed by atoms with Gasteiger partial charge < -0.3 is 5.32 Å². The minimum atomic E-state index is -0.158. The Kier molecular flexibility index (Phi) is 7.28. The van der Waals surface area contributed by atoms with E-state index in [2.05, 4.69) is 52.1 Å². The van der Waals surface area contributed by atoms with E-state index >= 15 is 0 Å². The van der Waals surface area contributed by atoms with Crippen LogP contribution in [0.5, 0.6) is 0 Å². The summed E-state index contributed by atoms with van der Waals surface area (Å²) in [5.74, 6) is -0.158. The second-order valence-corrected chi connectivity index (χ2v) is 6.80. The quantitative estimate of drug-likeness (QED) is 0.704. The standard InChI is InChI=1S/C19H22BrClN2O/c1-3-23(4-2)18(14-8-6-5-7-9-14)13-22-19(24)16-12-15(20)10-11-17(16)21/h5-12,18H,3-4,13H2,1-2H3,(H,22,24). The summed E-state index contributed by atoms with van der Waals surface area (Å²) in [4.78, 5) is 14.8. The maximum Gasteiger partial charge on any atom is 0.252 e. The molecular formula is C19H22BrClN2O. The summed E-state index contributed by atoms with van der Waals surface area (Å²) in [6.45, 7) is 6.64. The van der Waals surface area contributed by atoms with Crippen LogP contribution >= 0.6 is 27.5 Å². The maximum atomic E-state index is 12.5. The van der Waals surface area contributed by atoms with Gasteiger partial charge in [-0.25, -0.2) is 0 Å². The molecular weight excluding hydrogens is 388 g/mol. The largest absolute Gasteiger partial charge is 0.350 e. The van der Waals surface area contributed by atoms with Crippen molar-refractivity contribution in [2.45, 2.75) is 19.9 Å². The Morgan fingerprint density at radius 3 is 2.46 bits per heavy atom. The van der Waals surface area contributed by atoms with Gasteiger partial charge in [0.1, 0.15) is 0 Å². The van der Waals surface area contributed by atoms with E-state index in [-0.39, 0.29) is 11.9 Å². The number of halogens is 2. The third kappa shape index (κ3) is 4.82.